The lowest BCUT2D eigenvalue weighted by atomic mass is 9.95. The Morgan fingerprint density at radius 2 is 2.11 bits per heavy atom. The van der Waals surface area contributed by atoms with Gasteiger partial charge in [-0.2, -0.15) is 4.98 Å². The van der Waals surface area contributed by atoms with E-state index in [1.54, 1.807) is 0 Å². The highest BCUT2D eigenvalue weighted by Gasteiger charge is 2.26. The van der Waals surface area contributed by atoms with Gasteiger partial charge >= 0.3 is 0 Å². The minimum Gasteiger partial charge on any atom is -0.339 e. The van der Waals surface area contributed by atoms with Crippen LogP contribution < -0.4 is 5.32 Å². The third kappa shape index (κ3) is 3.55. The van der Waals surface area contributed by atoms with Crippen LogP contribution in [0.2, 0.25) is 0 Å². The molecule has 1 aromatic heterocycles. The highest BCUT2D eigenvalue weighted by Crippen LogP contribution is 2.29. The normalized spacial score (nSPS) is 18.3. The maximum Gasteiger partial charge on any atom is 0.228 e. The maximum absolute atomic E-state index is 5.32. The fourth-order valence-corrected chi connectivity index (χ4v) is 2.80. The van der Waals surface area contributed by atoms with E-state index in [4.69, 9.17) is 4.52 Å². The van der Waals surface area contributed by atoms with Crippen LogP contribution >= 0.6 is 0 Å². The van der Waals surface area contributed by atoms with E-state index in [0.29, 0.717) is 6.04 Å². The fraction of sp³-hybridized carbons (Fsp3) is 0.857. The van der Waals surface area contributed by atoms with Gasteiger partial charge in [-0.1, -0.05) is 31.8 Å². The molecule has 1 atom stereocenters. The van der Waals surface area contributed by atoms with E-state index in [-0.39, 0.29) is 0 Å². The summed E-state index contributed by atoms with van der Waals surface area (Å²) in [4.78, 5) is 4.43. The van der Waals surface area contributed by atoms with E-state index in [2.05, 4.69) is 29.3 Å². The Morgan fingerprint density at radius 1 is 1.33 bits per heavy atom. The minimum atomic E-state index is 0.512. The van der Waals surface area contributed by atoms with Crippen LogP contribution in [0.4, 0.5) is 0 Å². The molecule has 1 aliphatic carbocycles. The van der Waals surface area contributed by atoms with Gasteiger partial charge in [0.2, 0.25) is 5.89 Å². The van der Waals surface area contributed by atoms with Crippen LogP contribution in [0.1, 0.15) is 57.7 Å². The van der Waals surface area contributed by atoms with Crippen LogP contribution in [-0.2, 0) is 12.8 Å². The molecule has 0 spiro atoms. The minimum absolute atomic E-state index is 0.512. The van der Waals surface area contributed by atoms with Gasteiger partial charge in [0.05, 0.1) is 0 Å². The van der Waals surface area contributed by atoms with Crippen molar-refractivity contribution in [3.8, 4) is 0 Å². The Morgan fingerprint density at radius 3 is 2.72 bits per heavy atom. The zero-order valence-electron chi connectivity index (χ0n) is 11.6. The molecular weight excluding hydrogens is 226 g/mol. The molecule has 1 aliphatic rings. The number of hydrogen-bond acceptors (Lipinski definition) is 4. The molecular formula is C14H25N3O. The molecule has 0 bridgehead atoms. The molecule has 1 heterocycles. The third-order valence-electron chi connectivity index (χ3n) is 3.85. The fourth-order valence-electron chi connectivity index (χ4n) is 2.80. The summed E-state index contributed by atoms with van der Waals surface area (Å²) in [5.74, 6) is 2.41. The molecule has 1 aromatic rings. The molecule has 102 valence electrons. The third-order valence-corrected chi connectivity index (χ3v) is 3.85. The van der Waals surface area contributed by atoms with E-state index >= 15 is 0 Å². The molecule has 1 fully saturated rings. The van der Waals surface area contributed by atoms with Crippen molar-refractivity contribution in [1.29, 1.82) is 0 Å². The SMILES string of the molecule is CCCNC(Cc1nc(CC)no1)C1CCCC1. The van der Waals surface area contributed by atoms with E-state index in [1.807, 2.05) is 0 Å². The molecule has 0 aliphatic heterocycles. The Kier molecular flexibility index (Phi) is 5.17. The van der Waals surface area contributed by atoms with Crippen molar-refractivity contribution in [2.45, 2.75) is 64.8 Å². The summed E-state index contributed by atoms with van der Waals surface area (Å²) < 4.78 is 5.32. The lowest BCUT2D eigenvalue weighted by Gasteiger charge is -2.23. The molecule has 18 heavy (non-hydrogen) atoms. The lowest BCUT2D eigenvalue weighted by Crippen LogP contribution is -2.37. The molecule has 4 nitrogen and oxygen atoms in total. The summed E-state index contributed by atoms with van der Waals surface area (Å²) in [7, 11) is 0. The second kappa shape index (κ2) is 6.88. The van der Waals surface area contributed by atoms with Crippen LogP contribution in [0.5, 0.6) is 0 Å². The largest absolute Gasteiger partial charge is 0.339 e. The average molecular weight is 251 g/mol. The summed E-state index contributed by atoms with van der Waals surface area (Å²) in [5, 5.41) is 7.64. The lowest BCUT2D eigenvalue weighted by molar-refractivity contribution is 0.307. The highest BCUT2D eigenvalue weighted by atomic mass is 16.5. The van der Waals surface area contributed by atoms with Crippen molar-refractivity contribution in [1.82, 2.24) is 15.5 Å². The van der Waals surface area contributed by atoms with Gasteiger partial charge in [-0.3, -0.25) is 0 Å². The van der Waals surface area contributed by atoms with Crippen molar-refractivity contribution in [3.05, 3.63) is 11.7 Å². The molecule has 1 N–H and O–H groups in total. The Hall–Kier alpha value is -0.900. The van der Waals surface area contributed by atoms with Gasteiger partial charge in [0.25, 0.3) is 0 Å². The first-order valence-corrected chi connectivity index (χ1v) is 7.38. The van der Waals surface area contributed by atoms with Gasteiger partial charge < -0.3 is 9.84 Å². The smallest absolute Gasteiger partial charge is 0.228 e. The molecule has 1 unspecified atom stereocenters. The van der Waals surface area contributed by atoms with Crippen LogP contribution in [0, 0.1) is 5.92 Å². The first kappa shape index (κ1) is 13.5. The second-order valence-electron chi connectivity index (χ2n) is 5.27. The number of nitrogens with one attached hydrogen (secondary N) is 1. The van der Waals surface area contributed by atoms with Crippen molar-refractivity contribution < 1.29 is 4.52 Å². The summed E-state index contributed by atoms with van der Waals surface area (Å²) in [5.41, 5.74) is 0. The molecule has 0 amide bonds. The van der Waals surface area contributed by atoms with Crippen molar-refractivity contribution in [2.75, 3.05) is 6.54 Å². The van der Waals surface area contributed by atoms with Gasteiger partial charge in [-0.25, -0.2) is 0 Å². The molecule has 0 radical (unpaired) electrons. The van der Waals surface area contributed by atoms with Crippen LogP contribution in [0.25, 0.3) is 0 Å². The van der Waals surface area contributed by atoms with E-state index < -0.39 is 0 Å². The van der Waals surface area contributed by atoms with Crippen molar-refractivity contribution in [3.63, 3.8) is 0 Å². The van der Waals surface area contributed by atoms with Gasteiger partial charge in [0, 0.05) is 18.9 Å². The maximum atomic E-state index is 5.32. The highest BCUT2D eigenvalue weighted by molar-refractivity contribution is 4.92. The van der Waals surface area contributed by atoms with E-state index in [0.717, 1.165) is 37.0 Å². The average Bonchev–Trinajstić information content (AvgIpc) is 3.05. The first-order chi connectivity index (χ1) is 8.83. The van der Waals surface area contributed by atoms with Gasteiger partial charge in [0.15, 0.2) is 5.82 Å². The summed E-state index contributed by atoms with van der Waals surface area (Å²) in [6.45, 7) is 5.34. The quantitative estimate of drug-likeness (QED) is 0.809. The van der Waals surface area contributed by atoms with Crippen molar-refractivity contribution in [2.24, 2.45) is 5.92 Å². The Labute approximate surface area is 110 Å². The molecule has 2 rings (SSSR count). The number of aromatic nitrogens is 2. The number of hydrogen-bond donors (Lipinski definition) is 1. The predicted molar refractivity (Wildman–Crippen MR) is 71.4 cm³/mol. The monoisotopic (exact) mass is 251 g/mol. The summed E-state index contributed by atoms with van der Waals surface area (Å²) >= 11 is 0. The van der Waals surface area contributed by atoms with Gasteiger partial charge in [-0.05, 0) is 31.7 Å². The standard InChI is InChI=1S/C14H25N3O/c1-3-9-15-12(11-7-5-6-8-11)10-14-16-13(4-2)17-18-14/h11-12,15H,3-10H2,1-2H3. The number of aryl methyl sites for hydroxylation is 1. The molecule has 4 heteroatoms. The van der Waals surface area contributed by atoms with Crippen LogP contribution in [0.3, 0.4) is 0 Å². The second-order valence-corrected chi connectivity index (χ2v) is 5.27. The first-order valence-electron chi connectivity index (χ1n) is 7.38. The number of rotatable bonds is 7. The van der Waals surface area contributed by atoms with E-state index in [9.17, 15) is 0 Å². The Bertz CT molecular complexity index is 345. The molecule has 0 aromatic carbocycles. The van der Waals surface area contributed by atoms with Crippen molar-refractivity contribution >= 4 is 0 Å². The molecule has 1 saturated carbocycles. The van der Waals surface area contributed by atoms with Crippen LogP contribution in [-0.4, -0.2) is 22.7 Å². The topological polar surface area (TPSA) is 51.0 Å². The number of nitrogens with zero attached hydrogens (tertiary/aromatic N) is 2. The van der Waals surface area contributed by atoms with Gasteiger partial charge in [0.1, 0.15) is 0 Å². The van der Waals surface area contributed by atoms with E-state index in [1.165, 1.54) is 32.1 Å². The van der Waals surface area contributed by atoms with Crippen LogP contribution in [0.15, 0.2) is 4.52 Å². The predicted octanol–water partition coefficient (Wildman–Crippen LogP) is 2.73. The summed E-state index contributed by atoms with van der Waals surface area (Å²) in [6, 6.07) is 0.512. The zero-order chi connectivity index (χ0) is 12.8. The van der Waals surface area contributed by atoms with Gasteiger partial charge in [-0.15, -0.1) is 0 Å². The Balaban J connectivity index is 1.94. The zero-order valence-corrected chi connectivity index (χ0v) is 11.6. The summed E-state index contributed by atoms with van der Waals surface area (Å²) in [6.07, 6.45) is 8.34. The molecule has 0 saturated heterocycles.